The number of carbonyl (C=O) groups is 1. The van der Waals surface area contributed by atoms with Crippen molar-refractivity contribution in [2.24, 2.45) is 0 Å². The van der Waals surface area contributed by atoms with E-state index in [1.165, 1.54) is 25.2 Å². The third kappa shape index (κ3) is 6.60. The Labute approximate surface area is 220 Å². The number of nitrogens with zero attached hydrogens (tertiary/aromatic N) is 3. The number of pyridine rings is 1. The summed E-state index contributed by atoms with van der Waals surface area (Å²) in [4.78, 5) is 21.4. The topological polar surface area (TPSA) is 77.9 Å². The van der Waals surface area contributed by atoms with E-state index in [2.05, 4.69) is 29.4 Å². The van der Waals surface area contributed by atoms with Crippen molar-refractivity contribution in [2.75, 3.05) is 45.7 Å². The van der Waals surface area contributed by atoms with Gasteiger partial charge < -0.3 is 20.1 Å². The first-order chi connectivity index (χ1) is 17.9. The average Bonchev–Trinajstić information content (AvgIpc) is 3.37. The number of likely N-dealkylation sites (tertiary alicyclic amines) is 1. The van der Waals surface area contributed by atoms with Crippen molar-refractivity contribution < 1.29 is 19.0 Å². The predicted octanol–water partition coefficient (Wildman–Crippen LogP) is 4.69. The third-order valence-electron chi connectivity index (χ3n) is 7.85. The maximum Gasteiger partial charge on any atom is 0.325 e. The standard InChI is InChI=1S/C29H41FN4O3/c1-4-20-17-24(27(37-3)25(30)18-20)26(29(35)36)34-16-13-23(19-34)33(2)15-7-5-6-10-22-12-11-21-9-8-14-31-28(21)32-22/h11-12,17-18,23,26H,4-10,13-16,19H2,1-3H3,(H,31,32)(H,35,36)/t23-,26+/m1/s1. The summed E-state index contributed by atoms with van der Waals surface area (Å²) in [5.41, 5.74) is 3.66. The number of nitrogens with one attached hydrogen (secondary N) is 1. The number of methoxy groups -OCH3 is 1. The van der Waals surface area contributed by atoms with Crippen molar-refractivity contribution >= 4 is 11.8 Å². The number of rotatable bonds is 12. The van der Waals surface area contributed by atoms with Crippen LogP contribution >= 0.6 is 0 Å². The molecule has 1 fully saturated rings. The number of aliphatic carboxylic acids is 1. The summed E-state index contributed by atoms with van der Waals surface area (Å²) in [6.07, 6.45) is 8.14. The van der Waals surface area contributed by atoms with Crippen molar-refractivity contribution in [3.63, 3.8) is 0 Å². The number of anilines is 1. The molecule has 0 saturated carbocycles. The number of ether oxygens (including phenoxy) is 1. The molecule has 1 aromatic carbocycles. The summed E-state index contributed by atoms with van der Waals surface area (Å²) in [6, 6.07) is 6.96. The van der Waals surface area contributed by atoms with Gasteiger partial charge in [-0.15, -0.1) is 0 Å². The summed E-state index contributed by atoms with van der Waals surface area (Å²) in [5, 5.41) is 13.5. The van der Waals surface area contributed by atoms with Gasteiger partial charge in [-0.1, -0.05) is 19.4 Å². The van der Waals surface area contributed by atoms with Gasteiger partial charge in [-0.25, -0.2) is 9.37 Å². The van der Waals surface area contributed by atoms with Crippen LogP contribution in [-0.4, -0.2) is 72.2 Å². The Balaban J connectivity index is 1.28. The SMILES string of the molecule is CCc1cc(F)c(OC)c([C@@H](C(=O)O)N2CC[C@@H](N(C)CCCCCc3ccc4c(n3)NCCC4)C2)c1. The average molecular weight is 513 g/mol. The van der Waals surface area contributed by atoms with E-state index in [9.17, 15) is 14.3 Å². The molecule has 1 aromatic heterocycles. The highest BCUT2D eigenvalue weighted by molar-refractivity contribution is 5.77. The van der Waals surface area contributed by atoms with Gasteiger partial charge in [0, 0.05) is 36.9 Å². The van der Waals surface area contributed by atoms with Crippen molar-refractivity contribution in [1.29, 1.82) is 0 Å². The second-order valence-electron chi connectivity index (χ2n) is 10.4. The molecule has 0 unspecified atom stereocenters. The number of hydrogen-bond acceptors (Lipinski definition) is 6. The van der Waals surface area contributed by atoms with Gasteiger partial charge in [0.1, 0.15) is 11.9 Å². The summed E-state index contributed by atoms with van der Waals surface area (Å²) < 4.78 is 19.9. The Kier molecular flexibility index (Phi) is 9.38. The van der Waals surface area contributed by atoms with Gasteiger partial charge in [-0.3, -0.25) is 9.69 Å². The van der Waals surface area contributed by atoms with Crippen LogP contribution in [-0.2, 0) is 24.1 Å². The monoisotopic (exact) mass is 512 g/mol. The van der Waals surface area contributed by atoms with Gasteiger partial charge in [0.2, 0.25) is 0 Å². The number of hydrogen-bond donors (Lipinski definition) is 2. The first-order valence-electron chi connectivity index (χ1n) is 13.7. The summed E-state index contributed by atoms with van der Waals surface area (Å²) >= 11 is 0. The molecule has 7 nitrogen and oxygen atoms in total. The number of halogens is 1. The normalized spacial score (nSPS) is 18.5. The van der Waals surface area contributed by atoms with E-state index >= 15 is 0 Å². The van der Waals surface area contributed by atoms with E-state index in [-0.39, 0.29) is 11.8 Å². The number of benzene rings is 1. The molecule has 0 amide bonds. The fourth-order valence-corrected chi connectivity index (χ4v) is 5.68. The molecule has 2 aliphatic rings. The lowest BCUT2D eigenvalue weighted by molar-refractivity contribution is -0.143. The van der Waals surface area contributed by atoms with E-state index in [1.54, 1.807) is 6.07 Å². The summed E-state index contributed by atoms with van der Waals surface area (Å²) in [5.74, 6) is -0.376. The fraction of sp³-hybridized carbons (Fsp3) is 0.586. The molecule has 0 aliphatic carbocycles. The quantitative estimate of drug-likeness (QED) is 0.399. The molecule has 0 bridgehead atoms. The number of aryl methyl sites for hydroxylation is 3. The molecule has 37 heavy (non-hydrogen) atoms. The Morgan fingerprint density at radius 3 is 2.92 bits per heavy atom. The fourth-order valence-electron chi connectivity index (χ4n) is 5.68. The molecule has 2 N–H and O–H groups in total. The number of carboxylic acids is 1. The molecular formula is C29H41FN4O3. The predicted molar refractivity (Wildman–Crippen MR) is 144 cm³/mol. The van der Waals surface area contributed by atoms with Gasteiger partial charge >= 0.3 is 5.97 Å². The van der Waals surface area contributed by atoms with Crippen molar-refractivity contribution in [1.82, 2.24) is 14.8 Å². The molecule has 2 atom stereocenters. The minimum atomic E-state index is -0.972. The first kappa shape index (κ1) is 27.3. The molecule has 1 saturated heterocycles. The Morgan fingerprint density at radius 1 is 1.32 bits per heavy atom. The zero-order valence-electron chi connectivity index (χ0n) is 22.4. The van der Waals surface area contributed by atoms with Gasteiger partial charge in [0.25, 0.3) is 0 Å². The zero-order valence-corrected chi connectivity index (χ0v) is 22.4. The van der Waals surface area contributed by atoms with Crippen LogP contribution in [0.25, 0.3) is 0 Å². The highest BCUT2D eigenvalue weighted by atomic mass is 19.1. The van der Waals surface area contributed by atoms with Gasteiger partial charge in [0.05, 0.1) is 7.11 Å². The van der Waals surface area contributed by atoms with Crippen molar-refractivity contribution in [3.05, 3.63) is 52.5 Å². The lowest BCUT2D eigenvalue weighted by atomic mass is 9.99. The van der Waals surface area contributed by atoms with Gasteiger partial charge in [0.15, 0.2) is 11.6 Å². The summed E-state index contributed by atoms with van der Waals surface area (Å²) in [6.45, 7) is 5.21. The Morgan fingerprint density at radius 2 is 2.16 bits per heavy atom. The zero-order chi connectivity index (χ0) is 26.4. The molecule has 2 aliphatic heterocycles. The van der Waals surface area contributed by atoms with E-state index < -0.39 is 17.8 Å². The lowest BCUT2D eigenvalue weighted by Crippen LogP contribution is -2.38. The lowest BCUT2D eigenvalue weighted by Gasteiger charge is -2.28. The maximum atomic E-state index is 14.6. The van der Waals surface area contributed by atoms with Gasteiger partial charge in [-0.2, -0.15) is 0 Å². The van der Waals surface area contributed by atoms with Crippen LogP contribution in [0.15, 0.2) is 24.3 Å². The number of aromatic nitrogens is 1. The number of unbranched alkanes of at least 4 members (excludes halogenated alkanes) is 2. The van der Waals surface area contributed by atoms with E-state index in [0.29, 0.717) is 25.1 Å². The van der Waals surface area contributed by atoms with Crippen LogP contribution in [0.2, 0.25) is 0 Å². The number of carboxylic acid groups (broad SMARTS) is 1. The molecule has 0 spiro atoms. The first-order valence-corrected chi connectivity index (χ1v) is 13.7. The van der Waals surface area contributed by atoms with Crippen LogP contribution in [0.4, 0.5) is 10.2 Å². The minimum absolute atomic E-state index is 0.0330. The van der Waals surface area contributed by atoms with E-state index in [1.807, 2.05) is 11.8 Å². The second-order valence-corrected chi connectivity index (χ2v) is 10.4. The van der Waals surface area contributed by atoms with Crippen LogP contribution < -0.4 is 10.1 Å². The number of likely N-dealkylation sites (N-methyl/N-ethyl adjacent to an activating group) is 1. The van der Waals surface area contributed by atoms with Crippen LogP contribution in [0.1, 0.15) is 67.5 Å². The minimum Gasteiger partial charge on any atom is -0.493 e. The van der Waals surface area contributed by atoms with Crippen molar-refractivity contribution in [3.8, 4) is 5.75 Å². The second kappa shape index (κ2) is 12.7. The summed E-state index contributed by atoms with van der Waals surface area (Å²) in [7, 11) is 3.52. The Hall–Kier alpha value is -2.71. The van der Waals surface area contributed by atoms with E-state index in [0.717, 1.165) is 68.7 Å². The van der Waals surface area contributed by atoms with Gasteiger partial charge in [-0.05, 0) is 87.9 Å². The van der Waals surface area contributed by atoms with Crippen LogP contribution in [0.5, 0.6) is 5.75 Å². The third-order valence-corrected chi connectivity index (χ3v) is 7.85. The molecule has 202 valence electrons. The molecule has 3 heterocycles. The highest BCUT2D eigenvalue weighted by Crippen LogP contribution is 2.35. The highest BCUT2D eigenvalue weighted by Gasteiger charge is 2.37. The largest absolute Gasteiger partial charge is 0.493 e. The molecule has 8 heteroatoms. The maximum absolute atomic E-state index is 14.6. The molecular weight excluding hydrogens is 471 g/mol. The van der Waals surface area contributed by atoms with Crippen LogP contribution in [0, 0.1) is 5.82 Å². The van der Waals surface area contributed by atoms with Crippen molar-refractivity contribution in [2.45, 2.75) is 70.4 Å². The van der Waals surface area contributed by atoms with Crippen LogP contribution in [0.3, 0.4) is 0 Å². The molecule has 0 radical (unpaired) electrons. The van der Waals surface area contributed by atoms with E-state index in [4.69, 9.17) is 9.72 Å². The molecule has 4 rings (SSSR count). The molecule has 2 aromatic rings. The Bertz CT molecular complexity index is 1080. The smallest absolute Gasteiger partial charge is 0.325 e. The number of fused-ring (bicyclic) bond motifs is 1.